The highest BCUT2D eigenvalue weighted by atomic mass is 15.1. The molecule has 0 atom stereocenters. The van der Waals surface area contributed by atoms with E-state index in [1.807, 2.05) is 0 Å². The molecule has 0 aliphatic heterocycles. The van der Waals surface area contributed by atoms with Gasteiger partial charge in [-0.3, -0.25) is 0 Å². The third-order valence-corrected chi connectivity index (χ3v) is 4.77. The molecule has 1 heterocycles. The molecule has 0 bridgehead atoms. The van der Waals surface area contributed by atoms with Gasteiger partial charge in [0.05, 0.1) is 13.1 Å². The van der Waals surface area contributed by atoms with Gasteiger partial charge in [0.2, 0.25) is 0 Å². The molecule has 0 radical (unpaired) electrons. The Morgan fingerprint density at radius 1 is 0.739 bits per heavy atom. The SMILES string of the molecule is CCCCCCCCCCCCc1n(CCC)cc[n+]1CCC. The molecule has 0 aliphatic carbocycles. The van der Waals surface area contributed by atoms with Gasteiger partial charge in [0.25, 0.3) is 5.82 Å². The molecular formula is C21H41N2+. The Morgan fingerprint density at radius 2 is 1.35 bits per heavy atom. The molecule has 1 rings (SSSR count). The van der Waals surface area contributed by atoms with Crippen LogP contribution in [0, 0.1) is 0 Å². The second-order valence-corrected chi connectivity index (χ2v) is 7.03. The van der Waals surface area contributed by atoms with Gasteiger partial charge in [-0.05, 0) is 19.3 Å². The first kappa shape index (κ1) is 20.3. The molecule has 0 aromatic carbocycles. The van der Waals surface area contributed by atoms with Gasteiger partial charge in [-0.2, -0.15) is 0 Å². The van der Waals surface area contributed by atoms with Crippen molar-refractivity contribution < 1.29 is 4.57 Å². The van der Waals surface area contributed by atoms with Crippen LogP contribution in [0.2, 0.25) is 0 Å². The fourth-order valence-electron chi connectivity index (χ4n) is 3.44. The molecule has 0 saturated heterocycles. The van der Waals surface area contributed by atoms with Crippen molar-refractivity contribution >= 4 is 0 Å². The van der Waals surface area contributed by atoms with E-state index in [1.165, 1.54) is 96.6 Å². The van der Waals surface area contributed by atoms with Gasteiger partial charge in [0, 0.05) is 6.42 Å². The molecule has 0 fully saturated rings. The maximum atomic E-state index is 2.48. The van der Waals surface area contributed by atoms with Crippen molar-refractivity contribution in [2.45, 2.75) is 117 Å². The highest BCUT2D eigenvalue weighted by Gasteiger charge is 2.15. The van der Waals surface area contributed by atoms with Gasteiger partial charge in [-0.25, -0.2) is 9.13 Å². The minimum absolute atomic E-state index is 1.17. The number of imidazole rings is 1. The largest absolute Gasteiger partial charge is 0.256 e. The fraction of sp³-hybridized carbons (Fsp3) is 0.857. The van der Waals surface area contributed by atoms with Crippen LogP contribution < -0.4 is 4.57 Å². The maximum absolute atomic E-state index is 2.48. The Hall–Kier alpha value is -0.790. The third-order valence-electron chi connectivity index (χ3n) is 4.77. The second-order valence-electron chi connectivity index (χ2n) is 7.03. The quantitative estimate of drug-likeness (QED) is 0.274. The number of aromatic nitrogens is 2. The zero-order valence-corrected chi connectivity index (χ0v) is 16.2. The fourth-order valence-corrected chi connectivity index (χ4v) is 3.44. The predicted molar refractivity (Wildman–Crippen MR) is 101 cm³/mol. The molecule has 0 amide bonds. The van der Waals surface area contributed by atoms with Crippen LogP contribution in [-0.2, 0) is 19.5 Å². The van der Waals surface area contributed by atoms with E-state index in [1.54, 1.807) is 5.82 Å². The Balaban J connectivity index is 2.16. The summed E-state index contributed by atoms with van der Waals surface area (Å²) in [7, 11) is 0. The molecule has 134 valence electrons. The van der Waals surface area contributed by atoms with E-state index in [2.05, 4.69) is 42.3 Å². The molecule has 0 aliphatic rings. The molecule has 0 saturated carbocycles. The summed E-state index contributed by atoms with van der Waals surface area (Å²) in [5, 5.41) is 0. The van der Waals surface area contributed by atoms with Crippen molar-refractivity contribution in [3.63, 3.8) is 0 Å². The number of aryl methyl sites for hydroxylation is 2. The highest BCUT2D eigenvalue weighted by Crippen LogP contribution is 2.12. The smallest absolute Gasteiger partial charge is 0.234 e. The van der Waals surface area contributed by atoms with Crippen molar-refractivity contribution in [2.24, 2.45) is 0 Å². The summed E-state index contributed by atoms with van der Waals surface area (Å²) < 4.78 is 4.95. The summed E-state index contributed by atoms with van der Waals surface area (Å²) in [6.45, 7) is 9.18. The maximum Gasteiger partial charge on any atom is 0.256 e. The van der Waals surface area contributed by atoms with Gasteiger partial charge < -0.3 is 0 Å². The van der Waals surface area contributed by atoms with Crippen LogP contribution in [0.5, 0.6) is 0 Å². The number of nitrogens with zero attached hydrogens (tertiary/aromatic N) is 2. The average molecular weight is 322 g/mol. The molecule has 0 N–H and O–H groups in total. The lowest BCUT2D eigenvalue weighted by molar-refractivity contribution is -0.703. The van der Waals surface area contributed by atoms with Gasteiger partial charge in [0.15, 0.2) is 0 Å². The average Bonchev–Trinajstić information content (AvgIpc) is 2.92. The van der Waals surface area contributed by atoms with Crippen molar-refractivity contribution in [3.8, 4) is 0 Å². The lowest BCUT2D eigenvalue weighted by Gasteiger charge is -2.05. The summed E-state index contributed by atoms with van der Waals surface area (Å²) >= 11 is 0. The number of hydrogen-bond donors (Lipinski definition) is 0. The normalized spacial score (nSPS) is 11.3. The second kappa shape index (κ2) is 13.6. The Labute approximate surface area is 145 Å². The van der Waals surface area contributed by atoms with Gasteiger partial charge in [-0.15, -0.1) is 0 Å². The lowest BCUT2D eigenvalue weighted by atomic mass is 10.1. The van der Waals surface area contributed by atoms with Crippen molar-refractivity contribution in [2.75, 3.05) is 0 Å². The minimum atomic E-state index is 1.17. The zero-order valence-electron chi connectivity index (χ0n) is 16.2. The first-order valence-corrected chi connectivity index (χ1v) is 10.4. The molecule has 1 aromatic heterocycles. The van der Waals surface area contributed by atoms with Gasteiger partial charge in [0.1, 0.15) is 12.4 Å². The molecule has 0 unspecified atom stereocenters. The van der Waals surface area contributed by atoms with Gasteiger partial charge >= 0.3 is 0 Å². The highest BCUT2D eigenvalue weighted by molar-refractivity contribution is 4.84. The Bertz CT molecular complexity index is 358. The number of unbranched alkanes of at least 4 members (excludes halogenated alkanes) is 9. The molecule has 1 aromatic rings. The summed E-state index contributed by atoms with van der Waals surface area (Å²) in [4.78, 5) is 0. The van der Waals surface area contributed by atoms with E-state index >= 15 is 0 Å². The van der Waals surface area contributed by atoms with E-state index in [0.717, 1.165) is 0 Å². The van der Waals surface area contributed by atoms with Gasteiger partial charge in [-0.1, -0.05) is 78.6 Å². The topological polar surface area (TPSA) is 8.81 Å². The van der Waals surface area contributed by atoms with Crippen LogP contribution in [0.1, 0.15) is 104 Å². The zero-order chi connectivity index (χ0) is 16.8. The molecular weight excluding hydrogens is 280 g/mol. The van der Waals surface area contributed by atoms with Crippen molar-refractivity contribution in [1.29, 1.82) is 0 Å². The number of rotatable bonds is 15. The molecule has 23 heavy (non-hydrogen) atoms. The lowest BCUT2D eigenvalue weighted by Crippen LogP contribution is -2.37. The van der Waals surface area contributed by atoms with E-state index in [0.29, 0.717) is 0 Å². The van der Waals surface area contributed by atoms with E-state index < -0.39 is 0 Å². The van der Waals surface area contributed by atoms with Crippen molar-refractivity contribution in [1.82, 2.24) is 4.57 Å². The molecule has 2 heteroatoms. The van der Waals surface area contributed by atoms with Crippen LogP contribution in [0.4, 0.5) is 0 Å². The van der Waals surface area contributed by atoms with Crippen LogP contribution >= 0.6 is 0 Å². The molecule has 2 nitrogen and oxygen atoms in total. The predicted octanol–water partition coefficient (Wildman–Crippen LogP) is 6.06. The minimum Gasteiger partial charge on any atom is -0.234 e. The van der Waals surface area contributed by atoms with Crippen LogP contribution in [-0.4, -0.2) is 4.57 Å². The Morgan fingerprint density at radius 3 is 1.91 bits per heavy atom. The summed E-state index contributed by atoms with van der Waals surface area (Å²) in [6.07, 6.45) is 22.5. The van der Waals surface area contributed by atoms with Crippen molar-refractivity contribution in [3.05, 3.63) is 18.2 Å². The monoisotopic (exact) mass is 321 g/mol. The summed E-state index contributed by atoms with van der Waals surface area (Å²) in [5.74, 6) is 1.55. The van der Waals surface area contributed by atoms with Crippen LogP contribution in [0.25, 0.3) is 0 Å². The van der Waals surface area contributed by atoms with Crippen LogP contribution in [0.3, 0.4) is 0 Å². The van der Waals surface area contributed by atoms with E-state index in [4.69, 9.17) is 0 Å². The first-order chi connectivity index (χ1) is 11.3. The van der Waals surface area contributed by atoms with E-state index in [-0.39, 0.29) is 0 Å². The third kappa shape index (κ3) is 8.58. The Kier molecular flexibility index (Phi) is 12.0. The standard InChI is InChI=1S/C21H41N2/c1-4-7-8-9-10-11-12-13-14-15-16-21-22(17-5-2)19-20-23(21)18-6-3/h19-20H,4-18H2,1-3H3/q+1. The summed E-state index contributed by atoms with van der Waals surface area (Å²) in [5.41, 5.74) is 0. The molecule has 0 spiro atoms. The van der Waals surface area contributed by atoms with Crippen LogP contribution in [0.15, 0.2) is 12.4 Å². The van der Waals surface area contributed by atoms with E-state index in [9.17, 15) is 0 Å². The first-order valence-electron chi connectivity index (χ1n) is 10.4. The number of hydrogen-bond acceptors (Lipinski definition) is 0. The summed E-state index contributed by atoms with van der Waals surface area (Å²) in [6, 6.07) is 0.